The van der Waals surface area contributed by atoms with Crippen LogP contribution >= 0.6 is 23.2 Å². The van der Waals surface area contributed by atoms with Gasteiger partial charge in [-0.05, 0) is 37.6 Å². The Bertz CT molecular complexity index is 559. The first kappa shape index (κ1) is 15.9. The largest absolute Gasteiger partial charge is 0.482 e. The van der Waals surface area contributed by atoms with Crippen molar-refractivity contribution in [2.24, 2.45) is 5.41 Å². The maximum atomic E-state index is 12.1. The van der Waals surface area contributed by atoms with Crippen LogP contribution in [0.4, 0.5) is 5.69 Å². The summed E-state index contributed by atoms with van der Waals surface area (Å²) in [4.78, 5) is 23.0. The number of benzene rings is 1. The molecule has 0 saturated heterocycles. The summed E-state index contributed by atoms with van der Waals surface area (Å²) in [6.07, 6.45) is 0.426. The van der Waals surface area contributed by atoms with Gasteiger partial charge in [0.25, 0.3) is 0 Å². The number of methoxy groups -OCH3 is 1. The molecule has 0 radical (unpaired) electrons. The van der Waals surface area contributed by atoms with Crippen LogP contribution < -0.4 is 10.1 Å². The van der Waals surface area contributed by atoms with Crippen LogP contribution in [0.15, 0.2) is 24.3 Å². The highest BCUT2D eigenvalue weighted by Gasteiger charge is 2.67. The summed E-state index contributed by atoms with van der Waals surface area (Å²) in [5.41, 5.74) is -0.168. The number of esters is 1. The maximum Gasteiger partial charge on any atom is 0.343 e. The molecular weight excluding hydrogens is 317 g/mol. The first-order valence-corrected chi connectivity index (χ1v) is 7.03. The molecule has 1 aromatic carbocycles. The summed E-state index contributed by atoms with van der Waals surface area (Å²) in [5, 5.41) is 2.75. The number of hydrogen-bond acceptors (Lipinski definition) is 4. The summed E-state index contributed by atoms with van der Waals surface area (Å²) >= 11 is 11.9. The first-order valence-electron chi connectivity index (χ1n) is 6.27. The van der Waals surface area contributed by atoms with E-state index in [0.29, 0.717) is 17.9 Å². The van der Waals surface area contributed by atoms with Gasteiger partial charge < -0.3 is 14.8 Å². The van der Waals surface area contributed by atoms with Gasteiger partial charge in [-0.25, -0.2) is 4.79 Å². The molecule has 0 aliphatic heterocycles. The molecule has 1 aromatic rings. The zero-order valence-electron chi connectivity index (χ0n) is 11.6. The number of halogens is 2. The summed E-state index contributed by atoms with van der Waals surface area (Å²) < 4.78 is 8.67. The molecule has 5 nitrogen and oxygen atoms in total. The quantitative estimate of drug-likeness (QED) is 0.665. The van der Waals surface area contributed by atoms with Crippen LogP contribution in [-0.4, -0.2) is 29.9 Å². The van der Waals surface area contributed by atoms with E-state index in [1.165, 1.54) is 7.11 Å². The molecule has 0 unspecified atom stereocenters. The van der Waals surface area contributed by atoms with Gasteiger partial charge in [-0.1, -0.05) is 0 Å². The normalized spacial score (nSPS) is 22.3. The minimum atomic E-state index is -0.999. The van der Waals surface area contributed by atoms with Crippen molar-refractivity contribution in [3.8, 4) is 5.75 Å². The third-order valence-electron chi connectivity index (χ3n) is 3.46. The predicted octanol–water partition coefficient (Wildman–Crippen LogP) is 2.76. The lowest BCUT2D eigenvalue weighted by atomic mass is 10.1. The highest BCUT2D eigenvalue weighted by Crippen LogP contribution is 2.64. The summed E-state index contributed by atoms with van der Waals surface area (Å²) in [5.74, 6) is -0.189. The van der Waals surface area contributed by atoms with E-state index < -0.39 is 15.7 Å². The van der Waals surface area contributed by atoms with Crippen molar-refractivity contribution in [1.29, 1.82) is 0 Å². The van der Waals surface area contributed by atoms with Crippen LogP contribution in [0, 0.1) is 5.41 Å². The lowest BCUT2D eigenvalue weighted by molar-refractivity contribution is -0.142. The predicted molar refractivity (Wildman–Crippen MR) is 79.7 cm³/mol. The van der Waals surface area contributed by atoms with Crippen molar-refractivity contribution in [3.05, 3.63) is 24.3 Å². The van der Waals surface area contributed by atoms with Crippen molar-refractivity contribution in [2.45, 2.75) is 17.7 Å². The summed E-state index contributed by atoms with van der Waals surface area (Å²) in [6, 6.07) is 6.62. The van der Waals surface area contributed by atoms with E-state index >= 15 is 0 Å². The molecule has 1 atom stereocenters. The second kappa shape index (κ2) is 5.73. The van der Waals surface area contributed by atoms with Crippen LogP contribution in [0.25, 0.3) is 0 Å². The monoisotopic (exact) mass is 331 g/mol. The lowest BCUT2D eigenvalue weighted by Crippen LogP contribution is -2.25. The molecule has 1 N–H and O–H groups in total. The molecule has 1 fully saturated rings. The Labute approximate surface area is 132 Å². The van der Waals surface area contributed by atoms with Crippen LogP contribution in [0.3, 0.4) is 0 Å². The van der Waals surface area contributed by atoms with Gasteiger partial charge in [-0.3, -0.25) is 4.79 Å². The zero-order valence-corrected chi connectivity index (χ0v) is 13.1. The van der Waals surface area contributed by atoms with E-state index in [0.717, 1.165) is 0 Å². The van der Waals surface area contributed by atoms with Crippen molar-refractivity contribution in [2.75, 3.05) is 19.0 Å². The van der Waals surface area contributed by atoms with Crippen molar-refractivity contribution >= 4 is 40.8 Å². The van der Waals surface area contributed by atoms with Gasteiger partial charge >= 0.3 is 5.97 Å². The lowest BCUT2D eigenvalue weighted by Gasteiger charge is -2.13. The topological polar surface area (TPSA) is 64.6 Å². The molecule has 0 heterocycles. The van der Waals surface area contributed by atoms with E-state index in [1.54, 1.807) is 31.2 Å². The first-order chi connectivity index (χ1) is 9.78. The van der Waals surface area contributed by atoms with E-state index in [-0.39, 0.29) is 12.5 Å². The number of ether oxygens (including phenoxy) is 2. The number of amides is 1. The average molecular weight is 332 g/mol. The molecule has 0 bridgehead atoms. The molecule has 0 spiro atoms. The molecule has 1 aliphatic carbocycles. The fourth-order valence-electron chi connectivity index (χ4n) is 1.75. The molecule has 1 aliphatic rings. The van der Waals surface area contributed by atoms with Crippen molar-refractivity contribution in [3.63, 3.8) is 0 Å². The minimum Gasteiger partial charge on any atom is -0.482 e. The third kappa shape index (κ3) is 3.41. The molecule has 21 heavy (non-hydrogen) atoms. The van der Waals surface area contributed by atoms with Gasteiger partial charge in [-0.2, -0.15) is 0 Å². The average Bonchev–Trinajstić information content (AvgIpc) is 2.98. The van der Waals surface area contributed by atoms with Gasteiger partial charge in [0.15, 0.2) is 6.61 Å². The second-order valence-corrected chi connectivity index (χ2v) is 6.54. The second-order valence-electron chi connectivity index (χ2n) is 5.06. The standard InChI is InChI=1S/C14H15Cl2NO4/c1-13(8-14(13,15)16)12(19)17-9-3-5-10(6-4-9)21-7-11(18)20-2/h3-6H,7-8H2,1-2H3,(H,17,19)/t13-/m1/s1. The van der Waals surface area contributed by atoms with Gasteiger partial charge in [0, 0.05) is 5.69 Å². The molecular formula is C14H15Cl2NO4. The van der Waals surface area contributed by atoms with Gasteiger partial charge in [-0.15, -0.1) is 23.2 Å². The molecule has 7 heteroatoms. The highest BCUT2D eigenvalue weighted by molar-refractivity contribution is 6.53. The third-order valence-corrected chi connectivity index (χ3v) is 4.56. The van der Waals surface area contributed by atoms with E-state index in [9.17, 15) is 9.59 Å². The Morgan fingerprint density at radius 2 is 1.86 bits per heavy atom. The minimum absolute atomic E-state index is 0.165. The van der Waals surface area contributed by atoms with Gasteiger partial charge in [0.1, 0.15) is 10.1 Å². The van der Waals surface area contributed by atoms with Crippen LogP contribution in [0.5, 0.6) is 5.75 Å². The van der Waals surface area contributed by atoms with E-state index in [2.05, 4.69) is 10.1 Å². The van der Waals surface area contributed by atoms with Crippen LogP contribution in [0.2, 0.25) is 0 Å². The molecule has 0 aromatic heterocycles. The fourth-order valence-corrected chi connectivity index (χ4v) is 2.46. The zero-order chi connectivity index (χ0) is 15.7. The molecule has 2 rings (SSSR count). The number of carbonyl (C=O) groups excluding carboxylic acids is 2. The molecule has 1 amide bonds. The summed E-state index contributed by atoms with van der Waals surface area (Å²) in [7, 11) is 1.29. The molecule has 1 saturated carbocycles. The van der Waals surface area contributed by atoms with Gasteiger partial charge in [0.2, 0.25) is 5.91 Å². The Hall–Kier alpha value is -1.46. The highest BCUT2D eigenvalue weighted by atomic mass is 35.5. The van der Waals surface area contributed by atoms with Crippen molar-refractivity contribution in [1.82, 2.24) is 0 Å². The fraction of sp³-hybridized carbons (Fsp3) is 0.429. The van der Waals surface area contributed by atoms with Crippen LogP contribution in [-0.2, 0) is 14.3 Å². The number of rotatable bonds is 5. The summed E-state index contributed by atoms with van der Waals surface area (Å²) in [6.45, 7) is 1.55. The van der Waals surface area contributed by atoms with Crippen LogP contribution in [0.1, 0.15) is 13.3 Å². The molecule has 114 valence electrons. The smallest absolute Gasteiger partial charge is 0.343 e. The number of carbonyl (C=O) groups is 2. The van der Waals surface area contributed by atoms with Crippen molar-refractivity contribution < 1.29 is 19.1 Å². The van der Waals surface area contributed by atoms with E-state index in [4.69, 9.17) is 27.9 Å². The number of anilines is 1. The number of hydrogen-bond donors (Lipinski definition) is 1. The Balaban J connectivity index is 1.91. The number of nitrogens with one attached hydrogen (secondary N) is 1. The van der Waals surface area contributed by atoms with Gasteiger partial charge in [0.05, 0.1) is 12.5 Å². The van der Waals surface area contributed by atoms with E-state index in [1.807, 2.05) is 0 Å². The Kier molecular flexibility index (Phi) is 4.35. The Morgan fingerprint density at radius 3 is 2.33 bits per heavy atom. The SMILES string of the molecule is COC(=O)COc1ccc(NC(=O)[C@@]2(C)CC2(Cl)Cl)cc1. The maximum absolute atomic E-state index is 12.1. The number of alkyl halides is 2. The Morgan fingerprint density at radius 1 is 1.29 bits per heavy atom.